The Morgan fingerprint density at radius 1 is 0.970 bits per heavy atom. The van der Waals surface area contributed by atoms with Crippen molar-refractivity contribution >= 4 is 11.7 Å². The van der Waals surface area contributed by atoms with E-state index in [1.807, 2.05) is 49.4 Å². The standard InChI is InChI=1S/C26H26N2O5/c1-14-23-24(16-6-5-7-18(10-16)30-2)25-19(27-26(23)33-28-14)11-17(12-20(25)29)15-8-9-21(31-3)22(13-15)32-4/h5-10,13,17,24,27H,11-12H2,1-4H3/t17-,24+/m1/s1. The molecule has 0 unspecified atom stereocenters. The summed E-state index contributed by atoms with van der Waals surface area (Å²) < 4.78 is 21.9. The number of allylic oxidation sites excluding steroid dienone is 2. The summed E-state index contributed by atoms with van der Waals surface area (Å²) in [6, 6.07) is 13.7. The molecule has 1 aliphatic heterocycles. The lowest BCUT2D eigenvalue weighted by atomic mass is 9.72. The number of aryl methyl sites for hydroxylation is 1. The lowest BCUT2D eigenvalue weighted by Crippen LogP contribution is -2.29. The molecule has 170 valence electrons. The van der Waals surface area contributed by atoms with E-state index in [4.69, 9.17) is 18.7 Å². The van der Waals surface area contributed by atoms with Gasteiger partial charge in [0.1, 0.15) is 5.75 Å². The number of hydrogen-bond donors (Lipinski definition) is 1. The minimum Gasteiger partial charge on any atom is -0.497 e. The summed E-state index contributed by atoms with van der Waals surface area (Å²) in [5.41, 5.74) is 5.34. The molecule has 2 atom stereocenters. The van der Waals surface area contributed by atoms with Crippen molar-refractivity contribution in [3.8, 4) is 17.2 Å². The lowest BCUT2D eigenvalue weighted by Gasteiger charge is -2.34. The monoisotopic (exact) mass is 446 g/mol. The SMILES string of the molecule is COc1cccc([C@@H]2C3=C(C[C@@H](c4ccc(OC)c(OC)c4)CC3=O)Nc3onc(C)c32)c1. The molecule has 7 heteroatoms. The van der Waals surface area contributed by atoms with Crippen LogP contribution in [-0.4, -0.2) is 32.3 Å². The Hall–Kier alpha value is -3.74. The van der Waals surface area contributed by atoms with Gasteiger partial charge in [-0.25, -0.2) is 0 Å². The van der Waals surface area contributed by atoms with Gasteiger partial charge >= 0.3 is 0 Å². The summed E-state index contributed by atoms with van der Waals surface area (Å²) in [5, 5.41) is 7.55. The highest BCUT2D eigenvalue weighted by Crippen LogP contribution is 2.49. The quantitative estimate of drug-likeness (QED) is 0.593. The first-order chi connectivity index (χ1) is 16.0. The number of benzene rings is 2. The van der Waals surface area contributed by atoms with E-state index in [0.29, 0.717) is 30.2 Å². The third-order valence-corrected chi connectivity index (χ3v) is 6.56. The van der Waals surface area contributed by atoms with Crippen molar-refractivity contribution in [1.82, 2.24) is 5.16 Å². The summed E-state index contributed by atoms with van der Waals surface area (Å²) in [6.45, 7) is 1.91. The zero-order chi connectivity index (χ0) is 23.1. The van der Waals surface area contributed by atoms with Crippen molar-refractivity contribution in [3.05, 3.63) is 76.1 Å². The number of rotatable bonds is 5. The van der Waals surface area contributed by atoms with Crippen LogP contribution in [0.3, 0.4) is 0 Å². The Balaban J connectivity index is 1.58. The Kier molecular flexibility index (Phi) is 5.32. The molecule has 0 saturated heterocycles. The predicted molar refractivity (Wildman–Crippen MR) is 123 cm³/mol. The predicted octanol–water partition coefficient (Wildman–Crippen LogP) is 4.97. The highest BCUT2D eigenvalue weighted by molar-refractivity contribution is 6.01. The van der Waals surface area contributed by atoms with Gasteiger partial charge in [0.2, 0.25) is 5.88 Å². The van der Waals surface area contributed by atoms with E-state index in [9.17, 15) is 4.79 Å². The van der Waals surface area contributed by atoms with Gasteiger partial charge in [0.05, 0.1) is 32.6 Å². The van der Waals surface area contributed by atoms with Gasteiger partial charge in [-0.1, -0.05) is 23.4 Å². The molecule has 2 heterocycles. The second kappa shape index (κ2) is 8.31. The number of ketones is 1. The van der Waals surface area contributed by atoms with Crippen LogP contribution in [0.1, 0.15) is 47.1 Å². The van der Waals surface area contributed by atoms with Crippen LogP contribution in [-0.2, 0) is 4.79 Å². The van der Waals surface area contributed by atoms with E-state index in [-0.39, 0.29) is 17.6 Å². The van der Waals surface area contributed by atoms with Crippen LogP contribution < -0.4 is 19.5 Å². The Morgan fingerprint density at radius 3 is 2.55 bits per heavy atom. The topological polar surface area (TPSA) is 82.8 Å². The van der Waals surface area contributed by atoms with Gasteiger partial charge < -0.3 is 24.1 Å². The largest absolute Gasteiger partial charge is 0.497 e. The molecular formula is C26H26N2O5. The summed E-state index contributed by atoms with van der Waals surface area (Å²) in [5.74, 6) is 2.54. The molecule has 1 aliphatic carbocycles. The molecule has 0 fully saturated rings. The number of Topliss-reactive ketones (excluding diaryl/α,β-unsaturated/α-hetero) is 1. The van der Waals surface area contributed by atoms with Gasteiger partial charge in [-0.3, -0.25) is 4.79 Å². The molecule has 2 aliphatic rings. The molecule has 3 aromatic rings. The minimum atomic E-state index is -0.253. The van der Waals surface area contributed by atoms with Gasteiger partial charge in [-0.05, 0) is 54.7 Å². The van der Waals surface area contributed by atoms with Crippen LogP contribution in [0.5, 0.6) is 17.2 Å². The number of anilines is 1. The summed E-state index contributed by atoms with van der Waals surface area (Å²) in [4.78, 5) is 13.6. The molecule has 7 nitrogen and oxygen atoms in total. The first-order valence-corrected chi connectivity index (χ1v) is 10.9. The second-order valence-electron chi connectivity index (χ2n) is 8.38. The van der Waals surface area contributed by atoms with E-state index in [1.165, 1.54) is 0 Å². The van der Waals surface area contributed by atoms with E-state index >= 15 is 0 Å². The fourth-order valence-corrected chi connectivity index (χ4v) is 4.97. The third-order valence-electron chi connectivity index (χ3n) is 6.56. The van der Waals surface area contributed by atoms with E-state index in [2.05, 4.69) is 10.5 Å². The zero-order valence-corrected chi connectivity index (χ0v) is 19.1. The molecular weight excluding hydrogens is 420 g/mol. The van der Waals surface area contributed by atoms with Crippen LogP contribution in [0.4, 0.5) is 5.88 Å². The molecule has 1 N–H and O–H groups in total. The molecule has 0 bridgehead atoms. The molecule has 0 spiro atoms. The normalized spacial score (nSPS) is 19.5. The van der Waals surface area contributed by atoms with Gasteiger partial charge in [0.25, 0.3) is 0 Å². The average Bonchev–Trinajstić information content (AvgIpc) is 3.22. The van der Waals surface area contributed by atoms with Crippen LogP contribution in [0, 0.1) is 6.92 Å². The summed E-state index contributed by atoms with van der Waals surface area (Å²) in [7, 11) is 4.87. The zero-order valence-electron chi connectivity index (χ0n) is 19.1. The molecule has 5 rings (SSSR count). The van der Waals surface area contributed by atoms with Crippen molar-refractivity contribution in [2.45, 2.75) is 31.6 Å². The van der Waals surface area contributed by atoms with E-state index in [1.54, 1.807) is 21.3 Å². The number of aromatic nitrogens is 1. The van der Waals surface area contributed by atoms with Crippen LogP contribution in [0.25, 0.3) is 0 Å². The number of fused-ring (bicyclic) bond motifs is 1. The van der Waals surface area contributed by atoms with E-state index < -0.39 is 0 Å². The maximum Gasteiger partial charge on any atom is 0.233 e. The second-order valence-corrected chi connectivity index (χ2v) is 8.38. The molecule has 33 heavy (non-hydrogen) atoms. The average molecular weight is 447 g/mol. The van der Waals surface area contributed by atoms with Gasteiger partial charge in [-0.2, -0.15) is 0 Å². The number of nitrogens with zero attached hydrogens (tertiary/aromatic N) is 1. The molecule has 0 amide bonds. The maximum atomic E-state index is 13.6. The maximum absolute atomic E-state index is 13.6. The highest BCUT2D eigenvalue weighted by atomic mass is 16.5. The van der Waals surface area contributed by atoms with Crippen molar-refractivity contribution in [1.29, 1.82) is 0 Å². The fourth-order valence-electron chi connectivity index (χ4n) is 4.97. The number of ether oxygens (including phenoxy) is 3. The van der Waals surface area contributed by atoms with Gasteiger partial charge in [0, 0.05) is 23.6 Å². The minimum absolute atomic E-state index is 0.0140. The number of methoxy groups -OCH3 is 3. The van der Waals surface area contributed by atoms with Gasteiger partial charge in [0.15, 0.2) is 17.3 Å². The Bertz CT molecular complexity index is 1260. The smallest absolute Gasteiger partial charge is 0.233 e. The van der Waals surface area contributed by atoms with Crippen LogP contribution >= 0.6 is 0 Å². The number of carbonyl (C=O) groups excluding carboxylic acids is 1. The number of hydrogen-bond acceptors (Lipinski definition) is 7. The van der Waals surface area contributed by atoms with Crippen LogP contribution in [0.15, 0.2) is 58.3 Å². The lowest BCUT2D eigenvalue weighted by molar-refractivity contribution is -0.116. The van der Waals surface area contributed by atoms with Crippen molar-refractivity contribution in [2.75, 3.05) is 26.6 Å². The first kappa shape index (κ1) is 21.1. The summed E-state index contributed by atoms with van der Waals surface area (Å²) >= 11 is 0. The number of nitrogens with one attached hydrogen (secondary N) is 1. The third kappa shape index (κ3) is 3.53. The highest BCUT2D eigenvalue weighted by Gasteiger charge is 2.41. The molecule has 1 aromatic heterocycles. The summed E-state index contributed by atoms with van der Waals surface area (Å²) in [6.07, 6.45) is 1.09. The molecule has 0 radical (unpaired) electrons. The first-order valence-electron chi connectivity index (χ1n) is 10.9. The molecule has 2 aromatic carbocycles. The fraction of sp³-hybridized carbons (Fsp3) is 0.308. The van der Waals surface area contributed by atoms with E-state index in [0.717, 1.165) is 39.4 Å². The molecule has 0 saturated carbocycles. The van der Waals surface area contributed by atoms with Crippen molar-refractivity contribution in [2.24, 2.45) is 0 Å². The van der Waals surface area contributed by atoms with Crippen LogP contribution in [0.2, 0.25) is 0 Å². The Morgan fingerprint density at radius 2 is 1.79 bits per heavy atom. The van der Waals surface area contributed by atoms with Gasteiger partial charge in [-0.15, -0.1) is 0 Å². The van der Waals surface area contributed by atoms with Crippen molar-refractivity contribution < 1.29 is 23.5 Å². The Labute approximate surface area is 192 Å². The van der Waals surface area contributed by atoms with Crippen molar-refractivity contribution in [3.63, 3.8) is 0 Å². The number of carbonyl (C=O) groups is 1.